The van der Waals surface area contributed by atoms with E-state index in [0.717, 1.165) is 12.0 Å². The molecule has 0 fully saturated rings. The molecule has 2 aromatic carbocycles. The van der Waals surface area contributed by atoms with Crippen molar-refractivity contribution in [2.45, 2.75) is 67.8 Å². The first-order valence-corrected chi connectivity index (χ1v) is 17.3. The number of thioether (sulfide) groups is 1. The summed E-state index contributed by atoms with van der Waals surface area (Å²) in [6.45, 7) is 4.65. The van der Waals surface area contributed by atoms with Crippen LogP contribution in [0.2, 0.25) is 0 Å². The highest BCUT2D eigenvalue weighted by atomic mass is 32.2. The Morgan fingerprint density at radius 3 is 2.40 bits per heavy atom. The number of amides is 2. The van der Waals surface area contributed by atoms with E-state index >= 15 is 0 Å². The van der Waals surface area contributed by atoms with Crippen LogP contribution in [0, 0.1) is 0 Å². The van der Waals surface area contributed by atoms with E-state index in [9.17, 15) is 22.8 Å². The minimum Gasteiger partial charge on any atom is -0.356 e. The molecule has 2 aromatic heterocycles. The zero-order valence-corrected chi connectivity index (χ0v) is 26.5. The average molecular weight is 642 g/mol. The molecule has 13 heteroatoms. The second kappa shape index (κ2) is 14.8. The van der Waals surface area contributed by atoms with E-state index in [0.29, 0.717) is 46.9 Å². The summed E-state index contributed by atoms with van der Waals surface area (Å²) in [7, 11) is -3.75. The van der Waals surface area contributed by atoms with Crippen LogP contribution in [0.1, 0.15) is 44.2 Å². The zero-order chi connectivity index (χ0) is 31.0. The number of aromatic nitrogens is 2. The van der Waals surface area contributed by atoms with E-state index < -0.39 is 15.3 Å². The van der Waals surface area contributed by atoms with Crippen molar-refractivity contribution in [3.63, 3.8) is 0 Å². The smallest absolute Gasteiger partial charge is 0.272 e. The summed E-state index contributed by atoms with van der Waals surface area (Å²) < 4.78 is 24.9. The van der Waals surface area contributed by atoms with Gasteiger partial charge < -0.3 is 10.6 Å². The number of nitrogens with zero attached hydrogens (tertiary/aromatic N) is 2. The van der Waals surface area contributed by atoms with E-state index in [4.69, 9.17) is 10.1 Å². The fraction of sp³-hybridized carbons (Fsp3) is 0.333. The van der Waals surface area contributed by atoms with Crippen molar-refractivity contribution in [2.75, 3.05) is 11.9 Å². The van der Waals surface area contributed by atoms with Crippen molar-refractivity contribution < 1.29 is 18.0 Å². The third-order valence-electron chi connectivity index (χ3n) is 6.84. The number of fused-ring (bicyclic) bond motifs is 1. The summed E-state index contributed by atoms with van der Waals surface area (Å²) in [6.07, 6.45) is 2.59. The zero-order valence-electron chi connectivity index (χ0n) is 24.0. The number of carbonyl (C=O) groups excluding carboxylic acids is 2. The molecule has 0 aliphatic heterocycles. The van der Waals surface area contributed by atoms with Gasteiger partial charge in [-0.15, -0.1) is 11.3 Å². The van der Waals surface area contributed by atoms with Crippen molar-refractivity contribution in [3.8, 4) is 0 Å². The molecule has 43 heavy (non-hydrogen) atoms. The van der Waals surface area contributed by atoms with E-state index in [1.54, 1.807) is 22.8 Å². The third-order valence-corrected chi connectivity index (χ3v) is 10.0. The summed E-state index contributed by atoms with van der Waals surface area (Å²) in [5.41, 5.74) is 3.17. The third kappa shape index (κ3) is 8.75. The Hall–Kier alpha value is -3.52. The fourth-order valence-electron chi connectivity index (χ4n) is 4.38. The minimum absolute atomic E-state index is 0.0378. The molecule has 0 saturated carbocycles. The SMILES string of the molecule is CCc1ccc(NC(=O)[C@H](CC)Sc2nc3ccsc3c(=O)n2CCCC(=O)NCCc2ccc(S(N)(=O)=O)cc2)cc1. The highest BCUT2D eigenvalue weighted by molar-refractivity contribution is 8.00. The Balaban J connectivity index is 1.36. The van der Waals surface area contributed by atoms with Gasteiger partial charge in [-0.05, 0) is 72.5 Å². The Kier molecular flexibility index (Phi) is 11.1. The van der Waals surface area contributed by atoms with E-state index in [-0.39, 0.29) is 35.2 Å². The van der Waals surface area contributed by atoms with E-state index in [1.165, 1.54) is 40.8 Å². The van der Waals surface area contributed by atoms with Gasteiger partial charge in [-0.1, -0.05) is 49.9 Å². The van der Waals surface area contributed by atoms with Crippen LogP contribution in [0.5, 0.6) is 0 Å². The molecule has 10 nitrogen and oxygen atoms in total. The summed E-state index contributed by atoms with van der Waals surface area (Å²) in [6, 6.07) is 15.7. The molecule has 2 amide bonds. The Morgan fingerprint density at radius 1 is 1.05 bits per heavy atom. The summed E-state index contributed by atoms with van der Waals surface area (Å²) >= 11 is 2.57. The lowest BCUT2D eigenvalue weighted by molar-refractivity contribution is -0.121. The number of hydrogen-bond acceptors (Lipinski definition) is 8. The maximum atomic E-state index is 13.4. The quantitative estimate of drug-likeness (QED) is 0.137. The van der Waals surface area contributed by atoms with Crippen LogP contribution in [0.15, 0.2) is 74.8 Å². The minimum atomic E-state index is -3.75. The number of anilines is 1. The van der Waals surface area contributed by atoms with Crippen molar-refractivity contribution in [1.29, 1.82) is 0 Å². The second-order valence-electron chi connectivity index (χ2n) is 9.93. The van der Waals surface area contributed by atoms with Gasteiger partial charge in [0.2, 0.25) is 21.8 Å². The monoisotopic (exact) mass is 641 g/mol. The molecule has 0 radical (unpaired) electrons. The van der Waals surface area contributed by atoms with E-state index in [1.807, 2.05) is 36.6 Å². The van der Waals surface area contributed by atoms with Gasteiger partial charge in [-0.3, -0.25) is 19.0 Å². The fourth-order valence-corrected chi connectivity index (χ4v) is 6.72. The molecular formula is C30H35N5O5S3. The number of carbonyl (C=O) groups is 2. The molecule has 4 aromatic rings. The predicted octanol–water partition coefficient (Wildman–Crippen LogP) is 4.32. The summed E-state index contributed by atoms with van der Waals surface area (Å²) in [5.74, 6) is -0.324. The average Bonchev–Trinajstić information content (AvgIpc) is 3.46. The molecule has 2 heterocycles. The van der Waals surface area contributed by atoms with Crippen molar-refractivity contribution >= 4 is 60.8 Å². The number of thiophene rings is 1. The largest absolute Gasteiger partial charge is 0.356 e. The lowest BCUT2D eigenvalue weighted by atomic mass is 10.1. The van der Waals surface area contributed by atoms with Gasteiger partial charge in [0.25, 0.3) is 5.56 Å². The molecule has 0 spiro atoms. The van der Waals surface area contributed by atoms with Crippen LogP contribution in [0.25, 0.3) is 10.2 Å². The van der Waals surface area contributed by atoms with Crippen LogP contribution in [-0.2, 0) is 39.0 Å². The molecule has 228 valence electrons. The van der Waals surface area contributed by atoms with Crippen molar-refractivity contribution in [1.82, 2.24) is 14.9 Å². The molecule has 4 N–H and O–H groups in total. The van der Waals surface area contributed by atoms with Gasteiger partial charge in [-0.25, -0.2) is 18.5 Å². The molecule has 0 bridgehead atoms. The van der Waals surface area contributed by atoms with Gasteiger partial charge in [0.05, 0.1) is 15.7 Å². The first-order chi connectivity index (χ1) is 20.6. The highest BCUT2D eigenvalue weighted by Gasteiger charge is 2.22. The number of nitrogens with one attached hydrogen (secondary N) is 2. The molecule has 0 aliphatic rings. The lowest BCUT2D eigenvalue weighted by Crippen LogP contribution is -2.29. The lowest BCUT2D eigenvalue weighted by Gasteiger charge is -2.17. The number of sulfonamides is 1. The van der Waals surface area contributed by atoms with Gasteiger partial charge in [-0.2, -0.15) is 0 Å². The van der Waals surface area contributed by atoms with Crippen LogP contribution in [-0.4, -0.2) is 41.6 Å². The van der Waals surface area contributed by atoms with Crippen LogP contribution in [0.4, 0.5) is 5.69 Å². The summed E-state index contributed by atoms with van der Waals surface area (Å²) in [4.78, 5) is 43.8. The number of benzene rings is 2. The second-order valence-corrected chi connectivity index (χ2v) is 13.6. The van der Waals surface area contributed by atoms with Crippen LogP contribution < -0.4 is 21.3 Å². The number of hydrogen-bond donors (Lipinski definition) is 3. The number of aryl methyl sites for hydroxylation is 1. The molecular weight excluding hydrogens is 607 g/mol. The highest BCUT2D eigenvalue weighted by Crippen LogP contribution is 2.27. The van der Waals surface area contributed by atoms with Gasteiger partial charge in [0.1, 0.15) is 4.70 Å². The molecule has 4 rings (SSSR count). The first-order valence-electron chi connectivity index (χ1n) is 14.0. The standard InChI is InChI=1S/C30H35N5O5S3/c1-3-20-7-11-22(12-8-20)33-28(37)25(4-2)42-30-34-24-16-19-41-27(24)29(38)35(30)18-5-6-26(36)32-17-15-21-9-13-23(14-10-21)43(31,39)40/h7-14,16,19,25H,3-6,15,17-18H2,1-2H3,(H,32,36)(H,33,37)(H2,31,39,40)/t25-/m0/s1. The number of rotatable bonds is 14. The maximum absolute atomic E-state index is 13.4. The van der Waals surface area contributed by atoms with Gasteiger partial charge in [0, 0.05) is 25.2 Å². The molecule has 0 unspecified atom stereocenters. The van der Waals surface area contributed by atoms with Gasteiger partial charge >= 0.3 is 0 Å². The van der Waals surface area contributed by atoms with Crippen LogP contribution in [0.3, 0.4) is 0 Å². The Labute approximate surface area is 259 Å². The molecule has 1 atom stereocenters. The number of nitrogens with two attached hydrogens (primary N) is 1. The number of primary sulfonamides is 1. The topological polar surface area (TPSA) is 153 Å². The Bertz CT molecular complexity index is 1730. The van der Waals surface area contributed by atoms with Crippen molar-refractivity contribution in [3.05, 3.63) is 81.5 Å². The predicted molar refractivity (Wildman–Crippen MR) is 172 cm³/mol. The molecule has 0 saturated heterocycles. The van der Waals surface area contributed by atoms with Crippen LogP contribution >= 0.6 is 23.1 Å². The maximum Gasteiger partial charge on any atom is 0.272 e. The summed E-state index contributed by atoms with van der Waals surface area (Å²) in [5, 5.41) is 12.8. The Morgan fingerprint density at radius 2 is 1.74 bits per heavy atom. The normalized spacial score (nSPS) is 12.3. The van der Waals surface area contributed by atoms with E-state index in [2.05, 4.69) is 17.6 Å². The molecule has 0 aliphatic carbocycles. The van der Waals surface area contributed by atoms with Crippen molar-refractivity contribution in [2.24, 2.45) is 5.14 Å². The van der Waals surface area contributed by atoms with Gasteiger partial charge in [0.15, 0.2) is 5.16 Å². The first kappa shape index (κ1) is 32.4.